The maximum atomic E-state index is 12.1. The number of carbonyl (C=O) groups is 1. The van der Waals surface area contributed by atoms with Crippen LogP contribution in [0.25, 0.3) is 10.8 Å². The second-order valence-corrected chi connectivity index (χ2v) is 6.56. The Hall–Kier alpha value is -1.66. The molecule has 0 spiro atoms. The van der Waals surface area contributed by atoms with Gasteiger partial charge in [-0.15, -0.1) is 11.3 Å². The minimum Gasteiger partial charge on any atom is -0.459 e. The van der Waals surface area contributed by atoms with Gasteiger partial charge in [-0.2, -0.15) is 0 Å². The van der Waals surface area contributed by atoms with Crippen LogP contribution >= 0.6 is 11.3 Å². The summed E-state index contributed by atoms with van der Waals surface area (Å²) >= 11 is 1.43. The van der Waals surface area contributed by atoms with E-state index in [0.29, 0.717) is 18.2 Å². The predicted molar refractivity (Wildman–Crippen MR) is 87.1 cm³/mol. The van der Waals surface area contributed by atoms with E-state index in [-0.39, 0.29) is 5.91 Å². The number of carbonyl (C=O) groups excluding carboxylic acids is 1. The van der Waals surface area contributed by atoms with Crippen molar-refractivity contribution in [1.82, 2.24) is 15.6 Å². The zero-order valence-corrected chi connectivity index (χ0v) is 13.5. The zero-order chi connectivity index (χ0) is 15.4. The summed E-state index contributed by atoms with van der Waals surface area (Å²) in [4.78, 5) is 16.5. The molecular weight excluding hydrogens is 298 g/mol. The van der Waals surface area contributed by atoms with Crippen LogP contribution in [0.3, 0.4) is 0 Å². The highest BCUT2D eigenvalue weighted by Gasteiger charge is 2.15. The number of hydrogen-bond donors (Lipinski definition) is 2. The van der Waals surface area contributed by atoms with Crippen LogP contribution in [0.4, 0.5) is 0 Å². The SMILES string of the molecule is Cc1ccc(-c2nc(C(=O)NCCC3CCCNC3)cs2)o1. The van der Waals surface area contributed by atoms with E-state index < -0.39 is 0 Å². The number of aromatic nitrogens is 1. The number of amides is 1. The van der Waals surface area contributed by atoms with Gasteiger partial charge in [0.2, 0.25) is 0 Å². The molecule has 0 saturated carbocycles. The molecule has 118 valence electrons. The molecule has 2 aromatic heterocycles. The third kappa shape index (κ3) is 3.75. The number of aryl methyl sites for hydroxylation is 1. The molecule has 5 nitrogen and oxygen atoms in total. The van der Waals surface area contributed by atoms with E-state index in [1.54, 1.807) is 5.38 Å². The fourth-order valence-corrected chi connectivity index (χ4v) is 3.45. The van der Waals surface area contributed by atoms with Gasteiger partial charge in [-0.25, -0.2) is 4.98 Å². The molecule has 1 saturated heterocycles. The first-order valence-electron chi connectivity index (χ1n) is 7.73. The molecule has 2 N–H and O–H groups in total. The van der Waals surface area contributed by atoms with Gasteiger partial charge in [-0.05, 0) is 57.3 Å². The fourth-order valence-electron chi connectivity index (χ4n) is 2.69. The van der Waals surface area contributed by atoms with Gasteiger partial charge in [-0.1, -0.05) is 0 Å². The topological polar surface area (TPSA) is 67.2 Å². The average Bonchev–Trinajstić information content (AvgIpc) is 3.17. The van der Waals surface area contributed by atoms with Crippen LogP contribution in [0.2, 0.25) is 0 Å². The Labute approximate surface area is 134 Å². The molecule has 0 radical (unpaired) electrons. The van der Waals surface area contributed by atoms with E-state index in [0.717, 1.165) is 36.0 Å². The number of furan rings is 1. The van der Waals surface area contributed by atoms with Crippen molar-refractivity contribution in [3.05, 3.63) is 29.0 Å². The molecule has 0 aromatic carbocycles. The zero-order valence-electron chi connectivity index (χ0n) is 12.7. The van der Waals surface area contributed by atoms with Crippen molar-refractivity contribution >= 4 is 17.2 Å². The average molecular weight is 319 g/mol. The van der Waals surface area contributed by atoms with Crippen molar-refractivity contribution < 1.29 is 9.21 Å². The molecule has 1 aliphatic heterocycles. The van der Waals surface area contributed by atoms with Crippen molar-refractivity contribution in [3.63, 3.8) is 0 Å². The smallest absolute Gasteiger partial charge is 0.270 e. The lowest BCUT2D eigenvalue weighted by Gasteiger charge is -2.22. The molecule has 0 aliphatic carbocycles. The Morgan fingerprint density at radius 2 is 2.45 bits per heavy atom. The summed E-state index contributed by atoms with van der Waals surface area (Å²) in [5, 5.41) is 8.88. The molecule has 6 heteroatoms. The number of piperidine rings is 1. The van der Waals surface area contributed by atoms with E-state index in [4.69, 9.17) is 4.42 Å². The highest BCUT2D eigenvalue weighted by Crippen LogP contribution is 2.25. The first-order chi connectivity index (χ1) is 10.7. The molecule has 1 fully saturated rings. The minimum absolute atomic E-state index is 0.102. The van der Waals surface area contributed by atoms with Gasteiger partial charge in [0.25, 0.3) is 5.91 Å². The second kappa shape index (κ2) is 7.07. The fraction of sp³-hybridized carbons (Fsp3) is 0.500. The van der Waals surface area contributed by atoms with Gasteiger partial charge >= 0.3 is 0 Å². The van der Waals surface area contributed by atoms with Gasteiger partial charge in [-0.3, -0.25) is 4.79 Å². The van der Waals surface area contributed by atoms with E-state index in [1.165, 1.54) is 24.2 Å². The molecule has 3 heterocycles. The summed E-state index contributed by atoms with van der Waals surface area (Å²) in [6.45, 7) is 4.79. The molecule has 1 atom stereocenters. The Morgan fingerprint density at radius 1 is 1.55 bits per heavy atom. The predicted octanol–water partition coefficient (Wildman–Crippen LogP) is 2.83. The van der Waals surface area contributed by atoms with E-state index in [9.17, 15) is 4.79 Å². The molecule has 1 unspecified atom stereocenters. The summed E-state index contributed by atoms with van der Waals surface area (Å²) in [7, 11) is 0. The molecular formula is C16H21N3O2S. The van der Waals surface area contributed by atoms with Gasteiger partial charge in [0.1, 0.15) is 11.5 Å². The third-order valence-electron chi connectivity index (χ3n) is 3.93. The van der Waals surface area contributed by atoms with Crippen molar-refractivity contribution in [2.45, 2.75) is 26.2 Å². The first kappa shape index (κ1) is 15.2. The second-order valence-electron chi connectivity index (χ2n) is 5.71. The van der Waals surface area contributed by atoms with Crippen molar-refractivity contribution in [2.75, 3.05) is 19.6 Å². The van der Waals surface area contributed by atoms with Gasteiger partial charge < -0.3 is 15.1 Å². The quantitative estimate of drug-likeness (QED) is 0.889. The van der Waals surface area contributed by atoms with Crippen LogP contribution in [0.5, 0.6) is 0 Å². The monoisotopic (exact) mass is 319 g/mol. The van der Waals surface area contributed by atoms with E-state index >= 15 is 0 Å². The Balaban J connectivity index is 1.51. The van der Waals surface area contributed by atoms with E-state index in [2.05, 4.69) is 15.6 Å². The molecule has 22 heavy (non-hydrogen) atoms. The standard InChI is InChI=1S/C16H21N3O2S/c1-11-4-5-14(21-11)16-19-13(10-22-16)15(20)18-8-6-12-3-2-7-17-9-12/h4-5,10,12,17H,2-3,6-9H2,1H3,(H,18,20). The van der Waals surface area contributed by atoms with E-state index in [1.807, 2.05) is 19.1 Å². The third-order valence-corrected chi connectivity index (χ3v) is 4.78. The number of rotatable bonds is 5. The van der Waals surface area contributed by atoms with Crippen LogP contribution in [-0.4, -0.2) is 30.5 Å². The lowest BCUT2D eigenvalue weighted by atomic mass is 9.96. The largest absolute Gasteiger partial charge is 0.459 e. The molecule has 0 bridgehead atoms. The van der Waals surface area contributed by atoms with Crippen LogP contribution in [-0.2, 0) is 0 Å². The number of hydrogen-bond acceptors (Lipinski definition) is 5. The van der Waals surface area contributed by atoms with Gasteiger partial charge in [0.05, 0.1) is 0 Å². The summed E-state index contributed by atoms with van der Waals surface area (Å²) in [5.74, 6) is 2.13. The number of nitrogens with zero attached hydrogens (tertiary/aromatic N) is 1. The summed E-state index contributed by atoms with van der Waals surface area (Å²) < 4.78 is 5.53. The molecule has 1 amide bonds. The lowest BCUT2D eigenvalue weighted by molar-refractivity contribution is 0.0946. The normalized spacial score (nSPS) is 18.3. The Morgan fingerprint density at radius 3 is 3.18 bits per heavy atom. The Kier molecular flexibility index (Phi) is 4.90. The van der Waals surface area contributed by atoms with Crippen molar-refractivity contribution in [3.8, 4) is 10.8 Å². The lowest BCUT2D eigenvalue weighted by Crippen LogP contribution is -2.33. The summed E-state index contributed by atoms with van der Waals surface area (Å²) in [6.07, 6.45) is 3.51. The van der Waals surface area contributed by atoms with Crippen LogP contribution in [0.15, 0.2) is 21.9 Å². The maximum Gasteiger partial charge on any atom is 0.270 e. The molecule has 1 aliphatic rings. The van der Waals surface area contributed by atoms with Gasteiger partial charge in [0.15, 0.2) is 10.8 Å². The van der Waals surface area contributed by atoms with Crippen LogP contribution in [0, 0.1) is 12.8 Å². The number of nitrogens with one attached hydrogen (secondary N) is 2. The first-order valence-corrected chi connectivity index (χ1v) is 8.61. The Bertz CT molecular complexity index is 629. The van der Waals surface area contributed by atoms with Crippen LogP contribution in [0.1, 0.15) is 35.5 Å². The molecule has 3 rings (SSSR count). The maximum absolute atomic E-state index is 12.1. The van der Waals surface area contributed by atoms with Crippen molar-refractivity contribution in [2.24, 2.45) is 5.92 Å². The molecule has 2 aromatic rings. The highest BCUT2D eigenvalue weighted by atomic mass is 32.1. The summed E-state index contributed by atoms with van der Waals surface area (Å²) in [6, 6.07) is 3.78. The van der Waals surface area contributed by atoms with Crippen LogP contribution < -0.4 is 10.6 Å². The highest BCUT2D eigenvalue weighted by molar-refractivity contribution is 7.13. The number of thiazole rings is 1. The minimum atomic E-state index is -0.102. The van der Waals surface area contributed by atoms with Gasteiger partial charge in [0, 0.05) is 11.9 Å². The summed E-state index contributed by atoms with van der Waals surface area (Å²) in [5.41, 5.74) is 0.468. The van der Waals surface area contributed by atoms with Crippen molar-refractivity contribution in [1.29, 1.82) is 0 Å².